The Bertz CT molecular complexity index is 464. The molecule has 0 bridgehead atoms. The molecular weight excluding hydrogens is 236 g/mol. The molecule has 0 aromatic heterocycles. The van der Waals surface area contributed by atoms with Gasteiger partial charge in [0.2, 0.25) is 0 Å². The molecule has 4 heteroatoms. The second-order valence-corrected chi connectivity index (χ2v) is 6.57. The summed E-state index contributed by atoms with van der Waals surface area (Å²) in [5, 5.41) is 0. The zero-order valence-corrected chi connectivity index (χ0v) is 11.5. The molecule has 1 aromatic carbocycles. The number of ether oxygens (including phenoxy) is 1. The van der Waals surface area contributed by atoms with E-state index in [0.29, 0.717) is 6.42 Å². The Morgan fingerprint density at radius 3 is 2.47 bits per heavy atom. The number of hydrogen-bond acceptors (Lipinski definition) is 3. The molecule has 0 saturated heterocycles. The van der Waals surface area contributed by atoms with Gasteiger partial charge in [-0.05, 0) is 31.9 Å². The van der Waals surface area contributed by atoms with Gasteiger partial charge in [-0.3, -0.25) is 0 Å². The first kappa shape index (κ1) is 14.0. The van der Waals surface area contributed by atoms with Crippen LogP contribution in [0.15, 0.2) is 18.2 Å². The van der Waals surface area contributed by atoms with E-state index in [4.69, 9.17) is 4.74 Å². The maximum atomic E-state index is 11.5. The Morgan fingerprint density at radius 1 is 1.18 bits per heavy atom. The topological polar surface area (TPSA) is 43.4 Å². The molecule has 0 saturated carbocycles. The number of rotatable bonds is 6. The molecule has 0 amide bonds. The molecule has 0 aliphatic heterocycles. The lowest BCUT2D eigenvalue weighted by molar-refractivity contribution is 0.338. The highest BCUT2D eigenvalue weighted by Gasteiger charge is 2.09. The Morgan fingerprint density at radius 2 is 1.88 bits per heavy atom. The van der Waals surface area contributed by atoms with E-state index >= 15 is 0 Å². The van der Waals surface area contributed by atoms with E-state index in [2.05, 4.69) is 0 Å². The highest BCUT2D eigenvalue weighted by Crippen LogP contribution is 2.18. The molecule has 0 N–H and O–H groups in total. The fraction of sp³-hybridized carbons (Fsp3) is 0.538. The van der Waals surface area contributed by atoms with Gasteiger partial charge < -0.3 is 4.74 Å². The van der Waals surface area contributed by atoms with E-state index in [1.165, 1.54) is 5.56 Å². The van der Waals surface area contributed by atoms with Crippen molar-refractivity contribution in [2.75, 3.05) is 18.1 Å². The van der Waals surface area contributed by atoms with Gasteiger partial charge in [-0.25, -0.2) is 8.42 Å². The van der Waals surface area contributed by atoms with Crippen LogP contribution in [0, 0.1) is 13.8 Å². The Hall–Kier alpha value is -1.03. The van der Waals surface area contributed by atoms with Crippen molar-refractivity contribution in [3.63, 3.8) is 0 Å². The van der Waals surface area contributed by atoms with E-state index in [1.807, 2.05) is 39.0 Å². The van der Waals surface area contributed by atoms with E-state index in [0.717, 1.165) is 11.3 Å². The summed E-state index contributed by atoms with van der Waals surface area (Å²) in [7, 11) is -2.95. The number of benzene rings is 1. The van der Waals surface area contributed by atoms with Crippen LogP contribution in [0.1, 0.15) is 24.5 Å². The van der Waals surface area contributed by atoms with Crippen LogP contribution in [0.2, 0.25) is 0 Å². The standard InChI is InChI=1S/C13H20O3S/c1-4-8-17(14,15)9-7-16-13-6-5-11(2)10-12(13)3/h5-6,10H,4,7-9H2,1-3H3. The first-order valence-corrected chi connectivity index (χ1v) is 7.67. The number of sulfone groups is 1. The van der Waals surface area contributed by atoms with Gasteiger partial charge in [0.15, 0.2) is 9.84 Å². The normalized spacial score (nSPS) is 11.5. The molecule has 0 radical (unpaired) electrons. The van der Waals surface area contributed by atoms with Gasteiger partial charge in [0.25, 0.3) is 0 Å². The van der Waals surface area contributed by atoms with Crippen LogP contribution in [0.3, 0.4) is 0 Å². The fourth-order valence-electron chi connectivity index (χ4n) is 1.65. The van der Waals surface area contributed by atoms with Crippen molar-refractivity contribution in [3.05, 3.63) is 29.3 Å². The van der Waals surface area contributed by atoms with Gasteiger partial charge in [0.1, 0.15) is 12.4 Å². The summed E-state index contributed by atoms with van der Waals surface area (Å²) >= 11 is 0. The highest BCUT2D eigenvalue weighted by molar-refractivity contribution is 7.91. The monoisotopic (exact) mass is 256 g/mol. The van der Waals surface area contributed by atoms with Gasteiger partial charge in [0, 0.05) is 0 Å². The molecule has 0 heterocycles. The van der Waals surface area contributed by atoms with Crippen LogP contribution in [0.4, 0.5) is 0 Å². The Labute approximate surface area is 104 Å². The van der Waals surface area contributed by atoms with Crippen LogP contribution in [-0.2, 0) is 9.84 Å². The minimum Gasteiger partial charge on any atom is -0.492 e. The van der Waals surface area contributed by atoms with Crippen LogP contribution in [-0.4, -0.2) is 26.5 Å². The molecule has 0 spiro atoms. The largest absolute Gasteiger partial charge is 0.492 e. The molecule has 96 valence electrons. The minimum atomic E-state index is -2.95. The third-order valence-corrected chi connectivity index (χ3v) is 4.32. The minimum absolute atomic E-state index is 0.0914. The Balaban J connectivity index is 2.51. The van der Waals surface area contributed by atoms with Crippen LogP contribution < -0.4 is 4.74 Å². The summed E-state index contributed by atoms with van der Waals surface area (Å²) in [5.41, 5.74) is 2.21. The quantitative estimate of drug-likeness (QED) is 0.785. The number of aryl methyl sites for hydroxylation is 2. The lowest BCUT2D eigenvalue weighted by Gasteiger charge is -2.09. The van der Waals surface area contributed by atoms with Gasteiger partial charge in [0.05, 0.1) is 11.5 Å². The smallest absolute Gasteiger partial charge is 0.153 e. The predicted octanol–water partition coefficient (Wildman–Crippen LogP) is 2.51. The number of hydrogen-bond donors (Lipinski definition) is 0. The molecule has 3 nitrogen and oxygen atoms in total. The van der Waals surface area contributed by atoms with Crippen molar-refractivity contribution in [3.8, 4) is 5.75 Å². The molecule has 1 aromatic rings. The summed E-state index contributed by atoms with van der Waals surface area (Å²) in [6, 6.07) is 5.87. The first-order valence-electron chi connectivity index (χ1n) is 5.85. The van der Waals surface area contributed by atoms with E-state index in [1.54, 1.807) is 0 Å². The van der Waals surface area contributed by atoms with E-state index < -0.39 is 9.84 Å². The van der Waals surface area contributed by atoms with Gasteiger partial charge in [-0.15, -0.1) is 0 Å². The summed E-state index contributed by atoms with van der Waals surface area (Å²) in [4.78, 5) is 0. The molecule has 0 fully saturated rings. The first-order chi connectivity index (χ1) is 7.94. The maximum Gasteiger partial charge on any atom is 0.153 e. The van der Waals surface area contributed by atoms with Crippen molar-refractivity contribution in [1.29, 1.82) is 0 Å². The molecule has 0 aliphatic carbocycles. The second-order valence-electron chi connectivity index (χ2n) is 4.27. The third kappa shape index (κ3) is 4.77. The van der Waals surface area contributed by atoms with Crippen molar-refractivity contribution in [2.45, 2.75) is 27.2 Å². The lowest BCUT2D eigenvalue weighted by Crippen LogP contribution is -2.16. The van der Waals surface area contributed by atoms with Crippen molar-refractivity contribution >= 4 is 9.84 Å². The van der Waals surface area contributed by atoms with Gasteiger partial charge in [-0.1, -0.05) is 24.6 Å². The van der Waals surface area contributed by atoms with Gasteiger partial charge in [-0.2, -0.15) is 0 Å². The van der Waals surface area contributed by atoms with Crippen molar-refractivity contribution < 1.29 is 13.2 Å². The predicted molar refractivity (Wildman–Crippen MR) is 70.4 cm³/mol. The molecule has 1 rings (SSSR count). The maximum absolute atomic E-state index is 11.5. The van der Waals surface area contributed by atoms with Crippen LogP contribution in [0.5, 0.6) is 5.75 Å². The average Bonchev–Trinajstić information content (AvgIpc) is 2.21. The van der Waals surface area contributed by atoms with Crippen molar-refractivity contribution in [1.82, 2.24) is 0 Å². The Kier molecular flexibility index (Phi) is 5.00. The zero-order chi connectivity index (χ0) is 12.9. The molecular formula is C13H20O3S. The summed E-state index contributed by atoms with van der Waals surface area (Å²) in [5.74, 6) is 1.10. The lowest BCUT2D eigenvalue weighted by atomic mass is 10.1. The van der Waals surface area contributed by atoms with E-state index in [9.17, 15) is 8.42 Å². The molecule has 0 unspecified atom stereocenters. The summed E-state index contributed by atoms with van der Waals surface area (Å²) < 4.78 is 28.5. The molecule has 17 heavy (non-hydrogen) atoms. The highest BCUT2D eigenvalue weighted by atomic mass is 32.2. The van der Waals surface area contributed by atoms with Crippen LogP contribution >= 0.6 is 0 Å². The molecule has 0 aliphatic rings. The third-order valence-electron chi connectivity index (χ3n) is 2.50. The van der Waals surface area contributed by atoms with Gasteiger partial charge >= 0.3 is 0 Å². The van der Waals surface area contributed by atoms with E-state index in [-0.39, 0.29) is 18.1 Å². The SMILES string of the molecule is CCCS(=O)(=O)CCOc1ccc(C)cc1C. The zero-order valence-electron chi connectivity index (χ0n) is 10.7. The summed E-state index contributed by atoms with van der Waals surface area (Å²) in [6.07, 6.45) is 0.659. The summed E-state index contributed by atoms with van der Waals surface area (Å²) in [6.45, 7) is 6.07. The van der Waals surface area contributed by atoms with Crippen LogP contribution in [0.25, 0.3) is 0 Å². The second kappa shape index (κ2) is 6.05. The average molecular weight is 256 g/mol. The molecule has 0 atom stereocenters. The van der Waals surface area contributed by atoms with Crippen molar-refractivity contribution in [2.24, 2.45) is 0 Å². The fourth-order valence-corrected chi connectivity index (χ4v) is 2.82.